The van der Waals surface area contributed by atoms with Gasteiger partial charge in [0.05, 0.1) is 10.7 Å². The fourth-order valence-corrected chi connectivity index (χ4v) is 2.98. The molecule has 0 unspecified atom stereocenters. The zero-order chi connectivity index (χ0) is 14.0. The summed E-state index contributed by atoms with van der Waals surface area (Å²) in [6.07, 6.45) is 5.29. The van der Waals surface area contributed by atoms with E-state index in [0.29, 0.717) is 5.69 Å². The van der Waals surface area contributed by atoms with Gasteiger partial charge in [0, 0.05) is 13.0 Å². The number of carbonyl (C=O) groups is 1. The molecular formula is C14H17Cl2NO2. The van der Waals surface area contributed by atoms with Gasteiger partial charge in [0.1, 0.15) is 10.8 Å². The van der Waals surface area contributed by atoms with Crippen molar-refractivity contribution in [1.82, 2.24) is 0 Å². The Hall–Kier alpha value is -0.930. The van der Waals surface area contributed by atoms with E-state index in [1.807, 2.05) is 0 Å². The minimum absolute atomic E-state index is 0.0717. The second-order valence-electron chi connectivity index (χ2n) is 4.96. The highest BCUT2D eigenvalue weighted by molar-refractivity contribution is 6.44. The topological polar surface area (TPSA) is 40.5 Å². The molecule has 3 nitrogen and oxygen atoms in total. The van der Waals surface area contributed by atoms with Crippen LogP contribution in [0.5, 0.6) is 5.75 Å². The van der Waals surface area contributed by atoms with Crippen molar-refractivity contribution in [3.63, 3.8) is 0 Å². The van der Waals surface area contributed by atoms with Gasteiger partial charge in [-0.15, -0.1) is 0 Å². The number of phenols is 1. The van der Waals surface area contributed by atoms with Crippen LogP contribution in [0.15, 0.2) is 12.1 Å². The Kier molecular flexibility index (Phi) is 4.58. The molecule has 1 N–H and O–H groups in total. The Bertz CT molecular complexity index is 485. The molecule has 1 aromatic rings. The van der Waals surface area contributed by atoms with E-state index in [1.54, 1.807) is 18.0 Å². The molecule has 1 aliphatic carbocycles. The van der Waals surface area contributed by atoms with Gasteiger partial charge in [-0.05, 0) is 25.0 Å². The molecule has 0 bridgehead atoms. The fraction of sp³-hybridized carbons (Fsp3) is 0.500. The summed E-state index contributed by atoms with van der Waals surface area (Å²) in [4.78, 5) is 14.0. The zero-order valence-electron chi connectivity index (χ0n) is 10.8. The summed E-state index contributed by atoms with van der Waals surface area (Å²) < 4.78 is 0. The molecule has 0 spiro atoms. The Balaban J connectivity index is 2.21. The van der Waals surface area contributed by atoms with Crippen LogP contribution >= 0.6 is 23.2 Å². The number of aromatic hydroxyl groups is 1. The third-order valence-electron chi connectivity index (χ3n) is 3.69. The van der Waals surface area contributed by atoms with E-state index in [2.05, 4.69) is 0 Å². The lowest BCUT2D eigenvalue weighted by Gasteiger charge is -2.27. The van der Waals surface area contributed by atoms with E-state index in [0.717, 1.165) is 25.7 Å². The molecular weight excluding hydrogens is 285 g/mol. The second-order valence-corrected chi connectivity index (χ2v) is 5.72. The number of carbonyl (C=O) groups excluding carboxylic acids is 1. The van der Waals surface area contributed by atoms with E-state index in [1.165, 1.54) is 12.5 Å². The number of anilines is 1. The van der Waals surface area contributed by atoms with Gasteiger partial charge in [-0.1, -0.05) is 42.5 Å². The van der Waals surface area contributed by atoms with Crippen molar-refractivity contribution in [3.8, 4) is 5.75 Å². The molecule has 2 rings (SSSR count). The van der Waals surface area contributed by atoms with Crippen LogP contribution in [-0.2, 0) is 4.79 Å². The smallest absolute Gasteiger partial charge is 0.229 e. The van der Waals surface area contributed by atoms with Crippen LogP contribution in [0.3, 0.4) is 0 Å². The van der Waals surface area contributed by atoms with Crippen LogP contribution in [-0.4, -0.2) is 18.1 Å². The standard InChI is InChI=1S/C14H17Cl2NO2/c1-17(14(19)9-5-3-2-4-6-9)10-7-8-11(18)13(16)12(10)15/h7-9,18H,2-6H2,1H3. The molecule has 5 heteroatoms. The van der Waals surface area contributed by atoms with Crippen molar-refractivity contribution < 1.29 is 9.90 Å². The summed E-state index contributed by atoms with van der Waals surface area (Å²) in [5.74, 6) is 0.0692. The van der Waals surface area contributed by atoms with Gasteiger partial charge in [0.2, 0.25) is 5.91 Å². The highest BCUT2D eigenvalue weighted by Gasteiger charge is 2.26. The van der Waals surface area contributed by atoms with Crippen molar-refractivity contribution in [2.45, 2.75) is 32.1 Å². The average Bonchev–Trinajstić information content (AvgIpc) is 2.44. The van der Waals surface area contributed by atoms with Crippen molar-refractivity contribution in [2.75, 3.05) is 11.9 Å². The largest absolute Gasteiger partial charge is 0.506 e. The molecule has 1 fully saturated rings. The van der Waals surface area contributed by atoms with Crippen LogP contribution < -0.4 is 4.90 Å². The van der Waals surface area contributed by atoms with Gasteiger partial charge in [-0.3, -0.25) is 4.79 Å². The van der Waals surface area contributed by atoms with Gasteiger partial charge in [-0.2, -0.15) is 0 Å². The van der Waals surface area contributed by atoms with E-state index < -0.39 is 0 Å². The Morgan fingerprint density at radius 3 is 2.47 bits per heavy atom. The van der Waals surface area contributed by atoms with Gasteiger partial charge < -0.3 is 10.0 Å². The summed E-state index contributed by atoms with van der Waals surface area (Å²) in [6.45, 7) is 0. The molecule has 0 radical (unpaired) electrons. The second kappa shape index (κ2) is 6.02. The normalized spacial score (nSPS) is 16.4. The monoisotopic (exact) mass is 301 g/mol. The maximum atomic E-state index is 12.4. The van der Waals surface area contributed by atoms with Crippen LogP contribution in [0.4, 0.5) is 5.69 Å². The number of benzene rings is 1. The Labute approximate surface area is 123 Å². The molecule has 19 heavy (non-hydrogen) atoms. The van der Waals surface area contributed by atoms with E-state index in [9.17, 15) is 9.90 Å². The number of rotatable bonds is 2. The van der Waals surface area contributed by atoms with Gasteiger partial charge in [0.25, 0.3) is 0 Å². The molecule has 1 saturated carbocycles. The summed E-state index contributed by atoms with van der Waals surface area (Å²) in [5, 5.41) is 9.78. The van der Waals surface area contributed by atoms with Gasteiger partial charge >= 0.3 is 0 Å². The van der Waals surface area contributed by atoms with Crippen molar-refractivity contribution in [2.24, 2.45) is 5.92 Å². The fourth-order valence-electron chi connectivity index (χ4n) is 2.53. The summed E-state index contributed by atoms with van der Waals surface area (Å²) in [5.41, 5.74) is 0.542. The lowest BCUT2D eigenvalue weighted by Crippen LogP contribution is -2.34. The van der Waals surface area contributed by atoms with E-state index in [4.69, 9.17) is 23.2 Å². The minimum atomic E-state index is -0.0751. The number of amides is 1. The van der Waals surface area contributed by atoms with Gasteiger partial charge in [0.15, 0.2) is 0 Å². The zero-order valence-corrected chi connectivity index (χ0v) is 12.3. The minimum Gasteiger partial charge on any atom is -0.506 e. The molecule has 0 aliphatic heterocycles. The number of halogens is 2. The first-order valence-electron chi connectivity index (χ1n) is 6.47. The lowest BCUT2D eigenvalue weighted by atomic mass is 9.88. The van der Waals surface area contributed by atoms with E-state index in [-0.39, 0.29) is 27.6 Å². The summed E-state index contributed by atoms with van der Waals surface area (Å²) in [7, 11) is 1.70. The number of phenolic OH excluding ortho intramolecular Hbond substituents is 1. The van der Waals surface area contributed by atoms with Crippen LogP contribution in [0.1, 0.15) is 32.1 Å². The Morgan fingerprint density at radius 1 is 1.21 bits per heavy atom. The maximum Gasteiger partial charge on any atom is 0.229 e. The van der Waals surface area contributed by atoms with E-state index >= 15 is 0 Å². The molecule has 1 aromatic carbocycles. The summed E-state index contributed by atoms with van der Waals surface area (Å²) >= 11 is 12.0. The predicted octanol–water partition coefficient (Wildman–Crippen LogP) is 4.24. The van der Waals surface area contributed by atoms with Crippen LogP contribution in [0.25, 0.3) is 0 Å². The first-order valence-corrected chi connectivity index (χ1v) is 7.22. The van der Waals surface area contributed by atoms with Gasteiger partial charge in [-0.25, -0.2) is 0 Å². The SMILES string of the molecule is CN(C(=O)C1CCCCC1)c1ccc(O)c(Cl)c1Cl. The number of hydrogen-bond donors (Lipinski definition) is 1. The molecule has 0 atom stereocenters. The lowest BCUT2D eigenvalue weighted by molar-refractivity contribution is -0.123. The number of hydrogen-bond acceptors (Lipinski definition) is 2. The van der Waals surface area contributed by atoms with Crippen molar-refractivity contribution >= 4 is 34.8 Å². The van der Waals surface area contributed by atoms with Crippen molar-refractivity contribution in [1.29, 1.82) is 0 Å². The molecule has 1 amide bonds. The Morgan fingerprint density at radius 2 is 1.84 bits per heavy atom. The third-order valence-corrected chi connectivity index (χ3v) is 4.55. The van der Waals surface area contributed by atoms with Crippen LogP contribution in [0, 0.1) is 5.92 Å². The molecule has 1 aliphatic rings. The maximum absolute atomic E-state index is 12.4. The highest BCUT2D eigenvalue weighted by Crippen LogP contribution is 2.39. The molecule has 0 aromatic heterocycles. The highest BCUT2D eigenvalue weighted by atomic mass is 35.5. The first kappa shape index (κ1) is 14.5. The molecule has 0 heterocycles. The van der Waals surface area contributed by atoms with Crippen molar-refractivity contribution in [3.05, 3.63) is 22.2 Å². The van der Waals surface area contributed by atoms with Crippen LogP contribution in [0.2, 0.25) is 10.0 Å². The summed E-state index contributed by atoms with van der Waals surface area (Å²) in [6, 6.07) is 3.07. The first-order chi connectivity index (χ1) is 9.02. The number of nitrogens with zero attached hydrogens (tertiary/aromatic N) is 1. The predicted molar refractivity (Wildman–Crippen MR) is 78.1 cm³/mol. The average molecular weight is 302 g/mol. The molecule has 0 saturated heterocycles. The third kappa shape index (κ3) is 2.98. The molecule has 104 valence electrons. The quantitative estimate of drug-likeness (QED) is 0.887.